The third-order valence-electron chi connectivity index (χ3n) is 5.98. The summed E-state index contributed by atoms with van der Waals surface area (Å²) in [5.41, 5.74) is 5.56. The highest BCUT2D eigenvalue weighted by Gasteiger charge is 2.21. The molecule has 0 radical (unpaired) electrons. The third kappa shape index (κ3) is 3.82. The first-order valence-corrected chi connectivity index (χ1v) is 10.8. The Bertz CT molecular complexity index is 1510. The van der Waals surface area contributed by atoms with Crippen LogP contribution in [0.1, 0.15) is 22.4 Å². The van der Waals surface area contributed by atoms with Gasteiger partial charge < -0.3 is 19.1 Å². The smallest absolute Gasteiger partial charge is 0.340 e. The van der Waals surface area contributed by atoms with E-state index in [9.17, 15) is 9.59 Å². The maximum atomic E-state index is 12.7. The van der Waals surface area contributed by atoms with Crippen LogP contribution in [-0.2, 0) is 17.6 Å². The van der Waals surface area contributed by atoms with E-state index in [-0.39, 0.29) is 12.3 Å². The minimum absolute atomic E-state index is 0.0608. The minimum atomic E-state index is -0.502. The number of aromatic amines is 1. The molecule has 5 aromatic rings. The van der Waals surface area contributed by atoms with Crippen molar-refractivity contribution in [1.29, 1.82) is 0 Å². The molecule has 0 spiro atoms. The molecule has 0 aliphatic rings. The molecule has 0 fully saturated rings. The highest BCUT2D eigenvalue weighted by Crippen LogP contribution is 2.38. The van der Waals surface area contributed by atoms with Crippen molar-refractivity contribution in [2.24, 2.45) is 0 Å². The van der Waals surface area contributed by atoms with E-state index >= 15 is 0 Å². The third-order valence-corrected chi connectivity index (χ3v) is 5.98. The van der Waals surface area contributed by atoms with Gasteiger partial charge in [0.2, 0.25) is 5.91 Å². The molecule has 7 heteroatoms. The Labute approximate surface area is 189 Å². The quantitative estimate of drug-likeness (QED) is 0.379. The van der Waals surface area contributed by atoms with Gasteiger partial charge in [-0.3, -0.25) is 4.79 Å². The largest absolute Gasteiger partial charge is 0.463 e. The lowest BCUT2D eigenvalue weighted by molar-refractivity contribution is -0.120. The van der Waals surface area contributed by atoms with Crippen LogP contribution in [0.25, 0.3) is 33.1 Å². The Morgan fingerprint density at radius 2 is 1.97 bits per heavy atom. The van der Waals surface area contributed by atoms with Crippen LogP contribution in [0.3, 0.4) is 0 Å². The molecule has 0 aliphatic heterocycles. The predicted molar refractivity (Wildman–Crippen MR) is 126 cm³/mol. The zero-order valence-corrected chi connectivity index (χ0v) is 18.4. The maximum Gasteiger partial charge on any atom is 0.340 e. The average molecular weight is 441 g/mol. The fourth-order valence-electron chi connectivity index (χ4n) is 4.30. The summed E-state index contributed by atoms with van der Waals surface area (Å²) in [5, 5.41) is 4.55. The molecule has 0 bridgehead atoms. The summed E-state index contributed by atoms with van der Waals surface area (Å²) in [5.74, 6) is -0.239. The number of carbonyl (C=O) groups excluding carboxylic acids is 1. The van der Waals surface area contributed by atoms with E-state index in [2.05, 4.69) is 15.3 Å². The summed E-state index contributed by atoms with van der Waals surface area (Å²) >= 11 is 0. The van der Waals surface area contributed by atoms with Crippen molar-refractivity contribution in [2.45, 2.75) is 26.7 Å². The van der Waals surface area contributed by atoms with E-state index in [1.165, 1.54) is 0 Å². The van der Waals surface area contributed by atoms with Crippen LogP contribution in [-0.4, -0.2) is 22.4 Å². The fourth-order valence-corrected chi connectivity index (χ4v) is 4.30. The predicted octanol–water partition coefficient (Wildman–Crippen LogP) is 4.45. The first-order chi connectivity index (χ1) is 16.0. The van der Waals surface area contributed by atoms with E-state index in [4.69, 9.17) is 8.83 Å². The number of nitrogens with zero attached hydrogens (tertiary/aromatic N) is 1. The summed E-state index contributed by atoms with van der Waals surface area (Å²) in [7, 11) is 0. The molecule has 0 unspecified atom stereocenters. The number of rotatable bonds is 6. The second-order valence-electron chi connectivity index (χ2n) is 8.13. The highest BCUT2D eigenvalue weighted by atomic mass is 16.4. The fraction of sp³-hybridized carbons (Fsp3) is 0.192. The topological polar surface area (TPSA) is 101 Å². The number of imidazole rings is 1. The number of aromatic nitrogens is 2. The van der Waals surface area contributed by atoms with Crippen LogP contribution in [0, 0.1) is 13.8 Å². The monoisotopic (exact) mass is 441 g/mol. The Morgan fingerprint density at radius 3 is 2.73 bits per heavy atom. The molecule has 2 aromatic carbocycles. The summed E-state index contributed by atoms with van der Waals surface area (Å²) in [4.78, 5) is 32.2. The molecule has 5 rings (SSSR count). The molecule has 7 nitrogen and oxygen atoms in total. The number of nitrogens with one attached hydrogen (secondary N) is 2. The number of fused-ring (bicyclic) bond motifs is 3. The molecular weight excluding hydrogens is 418 g/mol. The lowest BCUT2D eigenvalue weighted by atomic mass is 9.96. The molecule has 0 aliphatic carbocycles. The molecule has 3 heterocycles. The van der Waals surface area contributed by atoms with Crippen molar-refractivity contribution < 1.29 is 13.6 Å². The lowest BCUT2D eigenvalue weighted by Crippen LogP contribution is -2.29. The molecule has 33 heavy (non-hydrogen) atoms. The van der Waals surface area contributed by atoms with E-state index in [0.717, 1.165) is 33.2 Å². The standard InChI is InChI=1S/C26H23N3O4/c1-15-10-21-24(25-23(15)20(13-32-25)17-6-4-3-5-7-17)16(2)19(26(31)33-21)11-22(30)28-9-8-18-12-27-14-29-18/h3-7,10,12-14H,8-9,11H2,1-2H3,(H,27,29)(H,28,30). The van der Waals surface area contributed by atoms with Gasteiger partial charge in [0.25, 0.3) is 0 Å². The van der Waals surface area contributed by atoms with Crippen molar-refractivity contribution in [3.8, 4) is 11.1 Å². The van der Waals surface area contributed by atoms with Crippen molar-refractivity contribution >= 4 is 27.8 Å². The van der Waals surface area contributed by atoms with Gasteiger partial charge in [-0.05, 0) is 36.6 Å². The van der Waals surface area contributed by atoms with Crippen molar-refractivity contribution in [3.05, 3.63) is 88.0 Å². The summed E-state index contributed by atoms with van der Waals surface area (Å²) in [6.07, 6.45) is 5.62. The molecular formula is C26H23N3O4. The number of benzene rings is 2. The Balaban J connectivity index is 1.52. The lowest BCUT2D eigenvalue weighted by Gasteiger charge is -2.10. The van der Waals surface area contributed by atoms with Crippen molar-refractivity contribution in [2.75, 3.05) is 6.54 Å². The zero-order chi connectivity index (χ0) is 22.9. The van der Waals surface area contributed by atoms with E-state index in [1.54, 1.807) is 18.8 Å². The molecule has 3 aromatic heterocycles. The van der Waals surface area contributed by atoms with Gasteiger partial charge in [0, 0.05) is 35.8 Å². The van der Waals surface area contributed by atoms with Gasteiger partial charge in [-0.25, -0.2) is 9.78 Å². The zero-order valence-electron chi connectivity index (χ0n) is 18.4. The SMILES string of the molecule is Cc1cc2oc(=O)c(CC(=O)NCCc3cnc[nH]3)c(C)c2c2occ(-c3ccccc3)c12. The number of aryl methyl sites for hydroxylation is 2. The van der Waals surface area contributed by atoms with Gasteiger partial charge in [0.1, 0.15) is 11.2 Å². The normalized spacial score (nSPS) is 11.3. The Kier molecular flexibility index (Phi) is 5.30. The van der Waals surface area contributed by atoms with Crippen LogP contribution < -0.4 is 10.9 Å². The van der Waals surface area contributed by atoms with Gasteiger partial charge in [0.05, 0.1) is 30.0 Å². The van der Waals surface area contributed by atoms with Crippen LogP contribution >= 0.6 is 0 Å². The average Bonchev–Trinajstić information content (AvgIpc) is 3.48. The minimum Gasteiger partial charge on any atom is -0.463 e. The van der Waals surface area contributed by atoms with E-state index in [1.807, 2.05) is 50.2 Å². The second kappa shape index (κ2) is 8.43. The number of furan rings is 1. The van der Waals surface area contributed by atoms with Gasteiger partial charge in [-0.15, -0.1) is 0 Å². The number of amides is 1. The molecule has 1 amide bonds. The van der Waals surface area contributed by atoms with Gasteiger partial charge >= 0.3 is 5.63 Å². The Morgan fingerprint density at radius 1 is 1.15 bits per heavy atom. The first-order valence-electron chi connectivity index (χ1n) is 10.8. The van der Waals surface area contributed by atoms with Gasteiger partial charge in [0.15, 0.2) is 0 Å². The highest BCUT2D eigenvalue weighted by molar-refractivity contribution is 6.11. The summed E-state index contributed by atoms with van der Waals surface area (Å²) in [6.45, 7) is 4.26. The van der Waals surface area contributed by atoms with Crippen molar-refractivity contribution in [3.63, 3.8) is 0 Å². The van der Waals surface area contributed by atoms with Crippen LogP contribution in [0.15, 0.2) is 68.8 Å². The van der Waals surface area contributed by atoms with Crippen molar-refractivity contribution in [1.82, 2.24) is 15.3 Å². The summed E-state index contributed by atoms with van der Waals surface area (Å²) in [6, 6.07) is 11.9. The molecule has 2 N–H and O–H groups in total. The number of carbonyl (C=O) groups is 1. The van der Waals surface area contributed by atoms with Crippen LogP contribution in [0.4, 0.5) is 0 Å². The summed E-state index contributed by atoms with van der Waals surface area (Å²) < 4.78 is 11.6. The van der Waals surface area contributed by atoms with Crippen LogP contribution in [0.5, 0.6) is 0 Å². The number of hydrogen-bond acceptors (Lipinski definition) is 5. The van der Waals surface area contributed by atoms with Crippen LogP contribution in [0.2, 0.25) is 0 Å². The van der Waals surface area contributed by atoms with Gasteiger partial charge in [-0.1, -0.05) is 30.3 Å². The number of hydrogen-bond donors (Lipinski definition) is 2. The maximum absolute atomic E-state index is 12.7. The Hall–Kier alpha value is -4.13. The molecule has 166 valence electrons. The van der Waals surface area contributed by atoms with Gasteiger partial charge in [-0.2, -0.15) is 0 Å². The first kappa shape index (κ1) is 20.8. The molecule has 0 saturated carbocycles. The van der Waals surface area contributed by atoms with E-state index in [0.29, 0.717) is 35.3 Å². The molecule has 0 saturated heterocycles. The second-order valence-corrected chi connectivity index (χ2v) is 8.13. The number of H-pyrrole nitrogens is 1. The molecule has 0 atom stereocenters. The van der Waals surface area contributed by atoms with E-state index < -0.39 is 5.63 Å².